The molecule has 0 amide bonds. The molecule has 1 aromatic rings. The zero-order valence-electron chi connectivity index (χ0n) is 12.7. The number of aliphatic hydroxyl groups excluding tert-OH is 1. The van der Waals surface area contributed by atoms with Gasteiger partial charge in [0.05, 0.1) is 11.4 Å². The van der Waals surface area contributed by atoms with Crippen molar-refractivity contribution in [2.24, 2.45) is 0 Å². The van der Waals surface area contributed by atoms with E-state index in [-0.39, 0.29) is 17.3 Å². The summed E-state index contributed by atoms with van der Waals surface area (Å²) < 4.78 is 23.6. The molecular formula is C16H25NO3S. The van der Waals surface area contributed by atoms with Crippen LogP contribution in [0.4, 0.5) is 0 Å². The Labute approximate surface area is 127 Å². The Morgan fingerprint density at radius 2 is 1.95 bits per heavy atom. The van der Waals surface area contributed by atoms with Crippen LogP contribution in [0.5, 0.6) is 0 Å². The predicted molar refractivity (Wildman–Crippen MR) is 84.9 cm³/mol. The number of sulfone groups is 1. The second kappa shape index (κ2) is 6.90. The van der Waals surface area contributed by atoms with E-state index in [4.69, 9.17) is 0 Å². The first-order valence-corrected chi connectivity index (χ1v) is 9.51. The predicted octanol–water partition coefficient (Wildman–Crippen LogP) is 2.05. The third-order valence-corrected chi connectivity index (χ3v) is 5.93. The second-order valence-corrected chi connectivity index (χ2v) is 8.40. The van der Waals surface area contributed by atoms with Gasteiger partial charge in [0.2, 0.25) is 0 Å². The first-order chi connectivity index (χ1) is 9.88. The van der Waals surface area contributed by atoms with E-state index in [0.29, 0.717) is 6.42 Å². The fourth-order valence-electron chi connectivity index (χ4n) is 3.21. The quantitative estimate of drug-likeness (QED) is 0.844. The van der Waals surface area contributed by atoms with E-state index >= 15 is 0 Å². The highest BCUT2D eigenvalue weighted by atomic mass is 32.2. The normalized spacial score (nSPS) is 25.7. The Morgan fingerprint density at radius 1 is 1.29 bits per heavy atom. The monoisotopic (exact) mass is 311 g/mol. The molecule has 0 aromatic heterocycles. The van der Waals surface area contributed by atoms with Gasteiger partial charge in [-0.25, -0.2) is 8.42 Å². The summed E-state index contributed by atoms with van der Waals surface area (Å²) in [5.74, 6) is 0. The molecule has 1 saturated carbocycles. The van der Waals surface area contributed by atoms with E-state index in [9.17, 15) is 13.5 Å². The minimum absolute atomic E-state index is 0.0120. The van der Waals surface area contributed by atoms with Gasteiger partial charge in [0.25, 0.3) is 0 Å². The standard InChI is InChI=1S/C16H25NO3S/c1-12(11-15(18)13-7-4-3-5-8-13)17-14-9-6-10-16(14)21(2,19)20/h3-5,7-8,12,14-18H,6,9-11H2,1-2H3. The van der Waals surface area contributed by atoms with Crippen LogP contribution in [0.1, 0.15) is 44.3 Å². The number of benzene rings is 1. The molecule has 0 aliphatic heterocycles. The lowest BCUT2D eigenvalue weighted by atomic mass is 10.0. The summed E-state index contributed by atoms with van der Waals surface area (Å²) in [6.45, 7) is 2.00. The van der Waals surface area contributed by atoms with Crippen LogP contribution < -0.4 is 5.32 Å². The zero-order chi connectivity index (χ0) is 15.5. The molecule has 4 unspecified atom stereocenters. The van der Waals surface area contributed by atoms with Gasteiger partial charge in [-0.1, -0.05) is 36.8 Å². The smallest absolute Gasteiger partial charge is 0.151 e. The van der Waals surface area contributed by atoms with Crippen molar-refractivity contribution in [2.75, 3.05) is 6.26 Å². The Balaban J connectivity index is 1.91. The summed E-state index contributed by atoms with van der Waals surface area (Å²) in [6, 6.07) is 9.65. The van der Waals surface area contributed by atoms with Crippen molar-refractivity contribution in [3.63, 3.8) is 0 Å². The van der Waals surface area contributed by atoms with E-state index in [1.54, 1.807) is 0 Å². The zero-order valence-corrected chi connectivity index (χ0v) is 13.5. The van der Waals surface area contributed by atoms with Crippen molar-refractivity contribution in [1.82, 2.24) is 5.32 Å². The van der Waals surface area contributed by atoms with E-state index in [0.717, 1.165) is 24.8 Å². The summed E-state index contributed by atoms with van der Waals surface area (Å²) in [5.41, 5.74) is 0.900. The van der Waals surface area contributed by atoms with Crippen LogP contribution in [-0.4, -0.2) is 37.1 Å². The molecule has 21 heavy (non-hydrogen) atoms. The summed E-state index contributed by atoms with van der Waals surface area (Å²) in [5, 5.41) is 13.3. The molecular weight excluding hydrogens is 286 g/mol. The first-order valence-electron chi connectivity index (χ1n) is 7.56. The molecule has 0 spiro atoms. The molecule has 0 saturated heterocycles. The lowest BCUT2D eigenvalue weighted by Crippen LogP contribution is -2.44. The third-order valence-electron chi connectivity index (χ3n) is 4.26. The van der Waals surface area contributed by atoms with Crippen molar-refractivity contribution < 1.29 is 13.5 Å². The topological polar surface area (TPSA) is 66.4 Å². The van der Waals surface area contributed by atoms with Crippen molar-refractivity contribution in [3.05, 3.63) is 35.9 Å². The molecule has 1 fully saturated rings. The molecule has 0 heterocycles. The van der Waals surface area contributed by atoms with Crippen molar-refractivity contribution >= 4 is 9.84 Å². The Hall–Kier alpha value is -0.910. The Bertz CT molecular complexity index is 544. The van der Waals surface area contributed by atoms with Crippen LogP contribution in [0, 0.1) is 0 Å². The van der Waals surface area contributed by atoms with E-state index < -0.39 is 15.9 Å². The molecule has 118 valence electrons. The van der Waals surface area contributed by atoms with E-state index in [2.05, 4.69) is 5.32 Å². The van der Waals surface area contributed by atoms with Crippen molar-refractivity contribution in [3.8, 4) is 0 Å². The number of aliphatic hydroxyl groups is 1. The number of nitrogens with one attached hydrogen (secondary N) is 1. The van der Waals surface area contributed by atoms with Crippen LogP contribution in [0.2, 0.25) is 0 Å². The lowest BCUT2D eigenvalue weighted by Gasteiger charge is -2.25. The van der Waals surface area contributed by atoms with Crippen molar-refractivity contribution in [2.45, 2.75) is 56.0 Å². The Kier molecular flexibility index (Phi) is 5.41. The van der Waals surface area contributed by atoms with Crippen LogP contribution in [-0.2, 0) is 9.84 Å². The molecule has 1 aliphatic rings. The molecule has 2 rings (SSSR count). The molecule has 5 heteroatoms. The summed E-state index contributed by atoms with van der Waals surface area (Å²) in [7, 11) is -3.00. The minimum atomic E-state index is -3.00. The van der Waals surface area contributed by atoms with Crippen LogP contribution in [0.25, 0.3) is 0 Å². The summed E-state index contributed by atoms with van der Waals surface area (Å²) >= 11 is 0. The highest BCUT2D eigenvalue weighted by Gasteiger charge is 2.35. The maximum atomic E-state index is 11.8. The van der Waals surface area contributed by atoms with Gasteiger partial charge < -0.3 is 10.4 Å². The number of hydrogen-bond donors (Lipinski definition) is 2. The maximum absolute atomic E-state index is 11.8. The van der Waals surface area contributed by atoms with Crippen LogP contribution in [0.15, 0.2) is 30.3 Å². The molecule has 4 atom stereocenters. The van der Waals surface area contributed by atoms with Gasteiger partial charge in [-0.3, -0.25) is 0 Å². The molecule has 1 aliphatic carbocycles. The second-order valence-electron chi connectivity index (χ2n) is 6.14. The molecule has 2 N–H and O–H groups in total. The fraction of sp³-hybridized carbons (Fsp3) is 0.625. The lowest BCUT2D eigenvalue weighted by molar-refractivity contribution is 0.151. The molecule has 0 radical (unpaired) electrons. The third kappa shape index (κ3) is 4.53. The van der Waals surface area contributed by atoms with Crippen LogP contribution >= 0.6 is 0 Å². The average Bonchev–Trinajstić information content (AvgIpc) is 2.87. The van der Waals surface area contributed by atoms with Crippen molar-refractivity contribution in [1.29, 1.82) is 0 Å². The summed E-state index contributed by atoms with van der Waals surface area (Å²) in [4.78, 5) is 0. The van der Waals surface area contributed by atoms with E-state index in [1.807, 2.05) is 37.3 Å². The van der Waals surface area contributed by atoms with Gasteiger partial charge >= 0.3 is 0 Å². The summed E-state index contributed by atoms with van der Waals surface area (Å²) in [6.07, 6.45) is 3.96. The highest BCUT2D eigenvalue weighted by Crippen LogP contribution is 2.26. The van der Waals surface area contributed by atoms with Gasteiger partial charge in [-0.2, -0.15) is 0 Å². The SMILES string of the molecule is CC(CC(O)c1ccccc1)NC1CCCC1S(C)(=O)=O. The van der Waals surface area contributed by atoms with Gasteiger partial charge in [0.1, 0.15) is 0 Å². The number of hydrogen-bond acceptors (Lipinski definition) is 4. The Morgan fingerprint density at radius 3 is 2.57 bits per heavy atom. The van der Waals surface area contributed by atoms with E-state index in [1.165, 1.54) is 6.26 Å². The maximum Gasteiger partial charge on any atom is 0.151 e. The van der Waals surface area contributed by atoms with Gasteiger partial charge in [-0.05, 0) is 31.7 Å². The fourth-order valence-corrected chi connectivity index (χ4v) is 4.62. The van der Waals surface area contributed by atoms with Gasteiger partial charge in [0, 0.05) is 18.3 Å². The highest BCUT2D eigenvalue weighted by molar-refractivity contribution is 7.91. The minimum Gasteiger partial charge on any atom is -0.388 e. The average molecular weight is 311 g/mol. The molecule has 4 nitrogen and oxygen atoms in total. The largest absolute Gasteiger partial charge is 0.388 e. The van der Waals surface area contributed by atoms with Crippen LogP contribution in [0.3, 0.4) is 0 Å². The molecule has 0 bridgehead atoms. The molecule has 1 aromatic carbocycles. The number of rotatable bonds is 6. The van der Waals surface area contributed by atoms with Gasteiger partial charge in [0.15, 0.2) is 9.84 Å². The van der Waals surface area contributed by atoms with Gasteiger partial charge in [-0.15, -0.1) is 0 Å². The first kappa shape index (κ1) is 16.5.